The second-order valence-electron chi connectivity index (χ2n) is 5.52. The molecular weight excluding hydrogens is 410 g/mol. The van der Waals surface area contributed by atoms with Gasteiger partial charge in [-0.25, -0.2) is 4.99 Å². The molecule has 0 aliphatic heterocycles. The molecule has 22 heavy (non-hydrogen) atoms. The van der Waals surface area contributed by atoms with Gasteiger partial charge in [0.2, 0.25) is 0 Å². The second kappa shape index (κ2) is 8.44. The van der Waals surface area contributed by atoms with Gasteiger partial charge >= 0.3 is 6.18 Å². The van der Waals surface area contributed by atoms with Crippen LogP contribution in [-0.4, -0.2) is 24.7 Å². The molecule has 0 radical (unpaired) electrons. The molecule has 0 saturated carbocycles. The molecule has 0 heterocycles. The van der Waals surface area contributed by atoms with Crippen molar-refractivity contribution in [3.63, 3.8) is 0 Å². The molecule has 0 atom stereocenters. The van der Waals surface area contributed by atoms with E-state index in [1.165, 1.54) is 12.1 Å². The summed E-state index contributed by atoms with van der Waals surface area (Å²) >= 11 is 0. The summed E-state index contributed by atoms with van der Waals surface area (Å²) < 4.78 is 42.8. The van der Waals surface area contributed by atoms with Gasteiger partial charge in [0, 0.05) is 5.54 Å². The van der Waals surface area contributed by atoms with E-state index in [0.717, 1.165) is 12.1 Å². The van der Waals surface area contributed by atoms with Crippen molar-refractivity contribution in [1.82, 2.24) is 5.32 Å². The van der Waals surface area contributed by atoms with E-state index in [1.54, 1.807) is 0 Å². The van der Waals surface area contributed by atoms with E-state index < -0.39 is 11.7 Å². The third-order valence-electron chi connectivity index (χ3n) is 2.31. The molecule has 1 rings (SSSR count). The molecule has 0 saturated heterocycles. The summed E-state index contributed by atoms with van der Waals surface area (Å²) in [4.78, 5) is 4.03. The van der Waals surface area contributed by atoms with Crippen LogP contribution in [0.15, 0.2) is 29.3 Å². The molecule has 0 aliphatic rings. The Bertz CT molecular complexity index is 499. The Kier molecular flexibility index (Phi) is 7.99. The number of guanidine groups is 1. The zero-order valence-corrected chi connectivity index (χ0v) is 15.0. The predicted octanol–water partition coefficient (Wildman–Crippen LogP) is 3.41. The number of hydrogen-bond acceptors (Lipinski definition) is 2. The normalized spacial score (nSPS) is 12.5. The third-order valence-corrected chi connectivity index (χ3v) is 2.31. The van der Waals surface area contributed by atoms with Crippen LogP contribution in [0.2, 0.25) is 0 Å². The van der Waals surface area contributed by atoms with Crippen molar-refractivity contribution < 1.29 is 17.9 Å². The van der Waals surface area contributed by atoms with Gasteiger partial charge in [0.1, 0.15) is 12.4 Å². The number of ether oxygens (including phenoxy) is 1. The highest BCUT2D eigenvalue weighted by molar-refractivity contribution is 14.0. The van der Waals surface area contributed by atoms with Gasteiger partial charge in [-0.3, -0.25) is 0 Å². The van der Waals surface area contributed by atoms with E-state index in [-0.39, 0.29) is 54.4 Å². The molecule has 0 aromatic heterocycles. The van der Waals surface area contributed by atoms with Gasteiger partial charge in [0.15, 0.2) is 5.96 Å². The maximum Gasteiger partial charge on any atom is 0.416 e. The van der Waals surface area contributed by atoms with Crippen LogP contribution in [0.3, 0.4) is 0 Å². The summed E-state index contributed by atoms with van der Waals surface area (Å²) in [6.07, 6.45) is -4.38. The number of rotatable bonds is 4. The summed E-state index contributed by atoms with van der Waals surface area (Å²) in [5, 5.41) is 2.97. The van der Waals surface area contributed by atoms with Gasteiger partial charge in [0.05, 0.1) is 12.1 Å². The van der Waals surface area contributed by atoms with E-state index in [2.05, 4.69) is 10.3 Å². The molecule has 0 spiro atoms. The van der Waals surface area contributed by atoms with E-state index in [4.69, 9.17) is 10.5 Å². The van der Waals surface area contributed by atoms with Gasteiger partial charge in [-0.15, -0.1) is 24.0 Å². The first kappa shape index (κ1) is 20.8. The number of hydrogen-bond donors (Lipinski definition) is 2. The topological polar surface area (TPSA) is 59.6 Å². The largest absolute Gasteiger partial charge is 0.492 e. The molecule has 4 nitrogen and oxygen atoms in total. The Labute approximate surface area is 145 Å². The average Bonchev–Trinajstić information content (AvgIpc) is 2.32. The Balaban J connectivity index is 0.00000441. The van der Waals surface area contributed by atoms with Crippen LogP contribution in [0.1, 0.15) is 26.3 Å². The van der Waals surface area contributed by atoms with Gasteiger partial charge in [-0.05, 0) is 39.0 Å². The fourth-order valence-electron chi connectivity index (χ4n) is 1.52. The molecule has 0 aliphatic carbocycles. The number of nitrogens with one attached hydrogen (secondary N) is 1. The first-order chi connectivity index (χ1) is 9.58. The molecule has 8 heteroatoms. The number of nitrogens with two attached hydrogens (primary N) is 1. The third kappa shape index (κ3) is 8.30. The molecule has 0 bridgehead atoms. The summed E-state index contributed by atoms with van der Waals surface area (Å²) in [5.41, 5.74) is 4.72. The lowest BCUT2D eigenvalue weighted by molar-refractivity contribution is -0.137. The van der Waals surface area contributed by atoms with Crippen molar-refractivity contribution in [2.75, 3.05) is 13.2 Å². The fourth-order valence-corrected chi connectivity index (χ4v) is 1.52. The van der Waals surface area contributed by atoms with E-state index >= 15 is 0 Å². The van der Waals surface area contributed by atoms with Crippen LogP contribution in [-0.2, 0) is 6.18 Å². The van der Waals surface area contributed by atoms with Crippen molar-refractivity contribution in [2.24, 2.45) is 10.7 Å². The Morgan fingerprint density at radius 1 is 1.27 bits per heavy atom. The van der Waals surface area contributed by atoms with Gasteiger partial charge in [-0.1, -0.05) is 6.07 Å². The molecule has 3 N–H and O–H groups in total. The summed E-state index contributed by atoms with van der Waals surface area (Å²) in [5.74, 6) is 0.428. The van der Waals surface area contributed by atoms with E-state index in [0.29, 0.717) is 0 Å². The van der Waals surface area contributed by atoms with Crippen LogP contribution < -0.4 is 15.8 Å². The van der Waals surface area contributed by atoms with Crippen LogP contribution in [0.25, 0.3) is 0 Å². The fraction of sp³-hybridized carbons (Fsp3) is 0.500. The van der Waals surface area contributed by atoms with Gasteiger partial charge < -0.3 is 15.8 Å². The molecule has 1 aromatic rings. The minimum Gasteiger partial charge on any atom is -0.492 e. The van der Waals surface area contributed by atoms with Crippen molar-refractivity contribution >= 4 is 29.9 Å². The molecule has 0 unspecified atom stereocenters. The number of alkyl halides is 3. The van der Waals surface area contributed by atoms with Crippen LogP contribution >= 0.6 is 24.0 Å². The quantitative estimate of drug-likeness (QED) is 0.333. The Hall–Kier alpha value is -1.19. The van der Waals surface area contributed by atoms with Crippen LogP contribution in [0.5, 0.6) is 5.75 Å². The highest BCUT2D eigenvalue weighted by atomic mass is 127. The highest BCUT2D eigenvalue weighted by Crippen LogP contribution is 2.31. The average molecular weight is 431 g/mol. The predicted molar refractivity (Wildman–Crippen MR) is 91.7 cm³/mol. The number of halogens is 4. The van der Waals surface area contributed by atoms with Crippen LogP contribution in [0, 0.1) is 0 Å². The first-order valence-electron chi connectivity index (χ1n) is 6.46. The van der Waals surface area contributed by atoms with Crippen LogP contribution in [0.4, 0.5) is 13.2 Å². The maximum absolute atomic E-state index is 12.5. The smallest absolute Gasteiger partial charge is 0.416 e. The molecule has 1 aromatic carbocycles. The summed E-state index contributed by atoms with van der Waals surface area (Å²) in [6, 6.07) is 4.73. The van der Waals surface area contributed by atoms with Crippen molar-refractivity contribution in [1.29, 1.82) is 0 Å². The van der Waals surface area contributed by atoms with E-state index in [1.807, 2.05) is 20.8 Å². The van der Waals surface area contributed by atoms with Gasteiger partial charge in [-0.2, -0.15) is 13.2 Å². The summed E-state index contributed by atoms with van der Waals surface area (Å²) in [6.45, 7) is 6.22. The molecule has 0 amide bonds. The standard InChI is InChI=1S/C14H20F3N3O.HI/c1-13(2,3)20-12(18)19-7-8-21-11-6-4-5-10(9-11)14(15,16)17;/h4-6,9H,7-8H2,1-3H3,(H3,18,19,20);1H. The minimum atomic E-state index is -4.38. The monoisotopic (exact) mass is 431 g/mol. The summed E-state index contributed by atoms with van der Waals surface area (Å²) in [7, 11) is 0. The maximum atomic E-state index is 12.5. The van der Waals surface area contributed by atoms with Crippen molar-refractivity contribution in [3.8, 4) is 5.75 Å². The van der Waals surface area contributed by atoms with E-state index in [9.17, 15) is 13.2 Å². The lowest BCUT2D eigenvalue weighted by Gasteiger charge is -2.20. The highest BCUT2D eigenvalue weighted by Gasteiger charge is 2.30. The zero-order valence-electron chi connectivity index (χ0n) is 12.7. The number of nitrogens with zero attached hydrogens (tertiary/aromatic N) is 1. The second-order valence-corrected chi connectivity index (χ2v) is 5.52. The number of benzene rings is 1. The number of aliphatic imine (C=N–C) groups is 1. The minimum absolute atomic E-state index is 0. The first-order valence-corrected chi connectivity index (χ1v) is 6.46. The Morgan fingerprint density at radius 3 is 2.45 bits per heavy atom. The lowest BCUT2D eigenvalue weighted by atomic mass is 10.1. The Morgan fingerprint density at radius 2 is 1.91 bits per heavy atom. The van der Waals surface area contributed by atoms with Crippen molar-refractivity contribution in [3.05, 3.63) is 29.8 Å². The lowest BCUT2D eigenvalue weighted by Crippen LogP contribution is -2.45. The molecule has 0 fully saturated rings. The molecule has 126 valence electrons. The molecular formula is C14H21F3IN3O. The SMILES string of the molecule is CC(C)(C)NC(N)=NCCOc1cccc(C(F)(F)F)c1.I. The van der Waals surface area contributed by atoms with Crippen molar-refractivity contribution in [2.45, 2.75) is 32.5 Å². The van der Waals surface area contributed by atoms with Gasteiger partial charge in [0.25, 0.3) is 0 Å². The zero-order chi connectivity index (χ0) is 16.1.